The number of carbonyl (C=O) groups excluding carboxylic acids is 1. The van der Waals surface area contributed by atoms with Gasteiger partial charge in [-0.25, -0.2) is 8.78 Å². The van der Waals surface area contributed by atoms with E-state index in [0.29, 0.717) is 0 Å². The van der Waals surface area contributed by atoms with E-state index < -0.39 is 24.2 Å². The number of nitrogens with one attached hydrogen (secondary N) is 1. The first kappa shape index (κ1) is 12.6. The molecule has 0 saturated carbocycles. The van der Waals surface area contributed by atoms with Crippen molar-refractivity contribution in [2.45, 2.75) is 12.3 Å². The fourth-order valence-electron chi connectivity index (χ4n) is 1.27. The van der Waals surface area contributed by atoms with Gasteiger partial charge in [0.05, 0.1) is 19.6 Å². The average molecular weight is 216 g/mol. The SMILES string of the molecule is COC(=O)[C@@H]1CNCC(F)(F)C1.Cl. The molecule has 6 heteroatoms. The van der Waals surface area contributed by atoms with Crippen LogP contribution in [0.5, 0.6) is 0 Å². The van der Waals surface area contributed by atoms with Gasteiger partial charge in [0.25, 0.3) is 5.92 Å². The monoisotopic (exact) mass is 215 g/mol. The van der Waals surface area contributed by atoms with Crippen molar-refractivity contribution in [1.82, 2.24) is 5.32 Å². The minimum absolute atomic E-state index is 0. The molecule has 1 heterocycles. The zero-order valence-electron chi connectivity index (χ0n) is 7.18. The normalized spacial score (nSPS) is 25.9. The van der Waals surface area contributed by atoms with Crippen LogP contribution in [-0.2, 0) is 9.53 Å². The van der Waals surface area contributed by atoms with Crippen LogP contribution >= 0.6 is 12.4 Å². The Kier molecular flexibility index (Phi) is 4.56. The zero-order chi connectivity index (χ0) is 9.19. The highest BCUT2D eigenvalue weighted by Gasteiger charge is 2.39. The van der Waals surface area contributed by atoms with Crippen molar-refractivity contribution in [3.8, 4) is 0 Å². The topological polar surface area (TPSA) is 38.3 Å². The lowest BCUT2D eigenvalue weighted by Crippen LogP contribution is -2.46. The van der Waals surface area contributed by atoms with E-state index in [4.69, 9.17) is 0 Å². The van der Waals surface area contributed by atoms with Crippen LogP contribution in [0.25, 0.3) is 0 Å². The fraction of sp³-hybridized carbons (Fsp3) is 0.857. The first-order valence-electron chi connectivity index (χ1n) is 3.71. The summed E-state index contributed by atoms with van der Waals surface area (Å²) in [4.78, 5) is 10.9. The lowest BCUT2D eigenvalue weighted by Gasteiger charge is -2.27. The lowest BCUT2D eigenvalue weighted by molar-refractivity contribution is -0.151. The predicted octanol–water partition coefficient (Wildman–Crippen LogP) is 0.826. The molecule has 0 aromatic heterocycles. The molecule has 0 aromatic carbocycles. The molecule has 78 valence electrons. The van der Waals surface area contributed by atoms with Crippen LogP contribution in [0.3, 0.4) is 0 Å². The Bertz CT molecular complexity index is 189. The summed E-state index contributed by atoms with van der Waals surface area (Å²) in [5.74, 6) is -4.06. The number of alkyl halides is 2. The summed E-state index contributed by atoms with van der Waals surface area (Å²) in [6.07, 6.45) is -0.410. The molecule has 0 unspecified atom stereocenters. The molecular weight excluding hydrogens is 204 g/mol. The minimum atomic E-state index is -2.78. The van der Waals surface area contributed by atoms with Crippen LogP contribution in [0, 0.1) is 5.92 Å². The second-order valence-corrected chi connectivity index (χ2v) is 2.91. The van der Waals surface area contributed by atoms with E-state index in [1.807, 2.05) is 0 Å². The highest BCUT2D eigenvalue weighted by molar-refractivity contribution is 5.85. The van der Waals surface area contributed by atoms with Gasteiger partial charge in [0.2, 0.25) is 0 Å². The fourth-order valence-corrected chi connectivity index (χ4v) is 1.27. The van der Waals surface area contributed by atoms with Crippen molar-refractivity contribution < 1.29 is 18.3 Å². The number of methoxy groups -OCH3 is 1. The van der Waals surface area contributed by atoms with E-state index in [2.05, 4.69) is 10.1 Å². The Hall–Kier alpha value is -0.420. The van der Waals surface area contributed by atoms with Crippen molar-refractivity contribution in [3.05, 3.63) is 0 Å². The number of halogens is 3. The molecule has 1 fully saturated rings. The molecule has 1 rings (SSSR count). The maximum Gasteiger partial charge on any atom is 0.310 e. The second kappa shape index (κ2) is 4.72. The first-order valence-corrected chi connectivity index (χ1v) is 3.71. The van der Waals surface area contributed by atoms with Gasteiger partial charge in [-0.2, -0.15) is 0 Å². The summed E-state index contributed by atoms with van der Waals surface area (Å²) in [7, 11) is 1.20. The molecule has 0 bridgehead atoms. The third-order valence-corrected chi connectivity index (χ3v) is 1.85. The van der Waals surface area contributed by atoms with Gasteiger partial charge in [-0.1, -0.05) is 0 Å². The largest absolute Gasteiger partial charge is 0.469 e. The number of piperidine rings is 1. The zero-order valence-corrected chi connectivity index (χ0v) is 8.00. The molecule has 0 amide bonds. The standard InChI is InChI=1S/C7H11F2NO2.ClH/c1-12-6(11)5-2-7(8,9)4-10-3-5;/h5,10H,2-4H2,1H3;1H/t5-;/m0./s1. The Morgan fingerprint density at radius 2 is 2.23 bits per heavy atom. The molecule has 0 spiro atoms. The highest BCUT2D eigenvalue weighted by atomic mass is 35.5. The molecule has 1 N–H and O–H groups in total. The van der Waals surface area contributed by atoms with E-state index in [9.17, 15) is 13.6 Å². The first-order chi connectivity index (χ1) is 5.55. The van der Waals surface area contributed by atoms with E-state index >= 15 is 0 Å². The Balaban J connectivity index is 0.00000144. The number of hydrogen-bond acceptors (Lipinski definition) is 3. The third-order valence-electron chi connectivity index (χ3n) is 1.85. The lowest BCUT2D eigenvalue weighted by atomic mass is 9.97. The number of esters is 1. The van der Waals surface area contributed by atoms with Crippen molar-refractivity contribution in [2.24, 2.45) is 5.92 Å². The molecule has 1 atom stereocenters. The summed E-state index contributed by atoms with van der Waals surface area (Å²) in [6, 6.07) is 0. The van der Waals surface area contributed by atoms with Crippen LogP contribution in [0.1, 0.15) is 6.42 Å². The summed E-state index contributed by atoms with van der Waals surface area (Å²) in [5, 5.41) is 2.49. The van der Waals surface area contributed by atoms with Gasteiger partial charge < -0.3 is 10.1 Å². The number of hydrogen-bond donors (Lipinski definition) is 1. The summed E-state index contributed by atoms with van der Waals surface area (Å²) in [6.45, 7) is -0.0667. The van der Waals surface area contributed by atoms with E-state index in [1.165, 1.54) is 7.11 Å². The number of carbonyl (C=O) groups is 1. The minimum Gasteiger partial charge on any atom is -0.469 e. The van der Waals surface area contributed by atoms with Gasteiger partial charge >= 0.3 is 5.97 Å². The Morgan fingerprint density at radius 1 is 1.62 bits per heavy atom. The highest BCUT2D eigenvalue weighted by Crippen LogP contribution is 2.26. The summed E-state index contributed by atoms with van der Waals surface area (Å²) < 4.78 is 29.7. The Morgan fingerprint density at radius 3 is 2.69 bits per heavy atom. The van der Waals surface area contributed by atoms with Crippen molar-refractivity contribution in [3.63, 3.8) is 0 Å². The van der Waals surface area contributed by atoms with E-state index in [0.717, 1.165) is 0 Å². The van der Waals surface area contributed by atoms with Crippen molar-refractivity contribution >= 4 is 18.4 Å². The van der Waals surface area contributed by atoms with Gasteiger partial charge in [-0.05, 0) is 0 Å². The number of rotatable bonds is 1. The molecular formula is C7H12ClF2NO2. The van der Waals surface area contributed by atoms with Crippen LogP contribution in [0.2, 0.25) is 0 Å². The van der Waals surface area contributed by atoms with E-state index in [-0.39, 0.29) is 25.5 Å². The molecule has 1 aliphatic rings. The van der Waals surface area contributed by atoms with Crippen molar-refractivity contribution in [1.29, 1.82) is 0 Å². The van der Waals surface area contributed by atoms with Crippen molar-refractivity contribution in [2.75, 3.05) is 20.2 Å². The average Bonchev–Trinajstić information content (AvgIpc) is 2.01. The van der Waals surface area contributed by atoms with Crippen LogP contribution in [-0.4, -0.2) is 32.1 Å². The van der Waals surface area contributed by atoms with E-state index in [1.54, 1.807) is 0 Å². The van der Waals surface area contributed by atoms with Gasteiger partial charge in [0, 0.05) is 13.0 Å². The second-order valence-electron chi connectivity index (χ2n) is 2.91. The molecule has 1 saturated heterocycles. The van der Waals surface area contributed by atoms with Crippen LogP contribution < -0.4 is 5.32 Å². The Labute approximate surface area is 81.2 Å². The maximum atomic E-state index is 12.7. The molecule has 3 nitrogen and oxygen atoms in total. The summed E-state index contributed by atoms with van der Waals surface area (Å²) >= 11 is 0. The summed E-state index contributed by atoms with van der Waals surface area (Å²) in [5.41, 5.74) is 0. The van der Waals surface area contributed by atoms with Gasteiger partial charge in [-0.3, -0.25) is 4.79 Å². The number of ether oxygens (including phenoxy) is 1. The molecule has 0 aromatic rings. The van der Waals surface area contributed by atoms with Gasteiger partial charge in [-0.15, -0.1) is 12.4 Å². The predicted molar refractivity (Wildman–Crippen MR) is 45.2 cm³/mol. The van der Waals surface area contributed by atoms with Crippen LogP contribution in [0.4, 0.5) is 8.78 Å². The molecule has 0 aliphatic carbocycles. The molecule has 13 heavy (non-hydrogen) atoms. The van der Waals surface area contributed by atoms with Gasteiger partial charge in [0.15, 0.2) is 0 Å². The van der Waals surface area contributed by atoms with Gasteiger partial charge in [0.1, 0.15) is 0 Å². The quantitative estimate of drug-likeness (QED) is 0.659. The molecule has 0 radical (unpaired) electrons. The molecule has 1 aliphatic heterocycles. The van der Waals surface area contributed by atoms with Crippen LogP contribution in [0.15, 0.2) is 0 Å². The smallest absolute Gasteiger partial charge is 0.310 e. The maximum absolute atomic E-state index is 12.7. The third kappa shape index (κ3) is 3.44.